The molecule has 2 aliphatic rings. The third kappa shape index (κ3) is 5.98. The van der Waals surface area contributed by atoms with Gasteiger partial charge in [0.2, 0.25) is 0 Å². The lowest BCUT2D eigenvalue weighted by Gasteiger charge is -2.23. The summed E-state index contributed by atoms with van der Waals surface area (Å²) in [7, 11) is 3.67. The Labute approximate surface area is 212 Å². The van der Waals surface area contributed by atoms with Crippen LogP contribution in [0.2, 0.25) is 5.02 Å². The van der Waals surface area contributed by atoms with E-state index in [1.165, 1.54) is 25.7 Å². The fourth-order valence-electron chi connectivity index (χ4n) is 4.34. The van der Waals surface area contributed by atoms with Gasteiger partial charge in [0.1, 0.15) is 18.1 Å². The van der Waals surface area contributed by atoms with Crippen molar-refractivity contribution in [2.75, 3.05) is 25.1 Å². The molecule has 2 fully saturated rings. The highest BCUT2D eigenvalue weighted by atomic mass is 127. The molecule has 0 spiro atoms. The minimum absolute atomic E-state index is 0. The summed E-state index contributed by atoms with van der Waals surface area (Å²) >= 11 is 6.24. The van der Waals surface area contributed by atoms with Crippen LogP contribution in [0, 0.1) is 6.92 Å². The molecule has 1 unspecified atom stereocenters. The molecule has 4 rings (SSSR count). The zero-order valence-corrected chi connectivity index (χ0v) is 22.1. The first kappa shape index (κ1) is 24.9. The molecule has 1 saturated heterocycles. The van der Waals surface area contributed by atoms with Gasteiger partial charge >= 0.3 is 0 Å². The molecule has 10 heteroatoms. The summed E-state index contributed by atoms with van der Waals surface area (Å²) in [5.74, 6) is 3.46. The summed E-state index contributed by atoms with van der Waals surface area (Å²) < 4.78 is 7.53. The van der Waals surface area contributed by atoms with E-state index in [1.54, 1.807) is 7.11 Å². The van der Waals surface area contributed by atoms with E-state index in [9.17, 15) is 0 Å². The number of hydrogen-bond acceptors (Lipinski definition) is 5. The van der Waals surface area contributed by atoms with Gasteiger partial charge < -0.3 is 24.8 Å². The maximum atomic E-state index is 6.24. The lowest BCUT2D eigenvalue weighted by Crippen LogP contribution is -2.47. The molecule has 1 aliphatic carbocycles. The topological polar surface area (TPSA) is 79.6 Å². The Bertz CT molecular complexity index is 929. The average molecular weight is 574 g/mol. The molecule has 176 valence electrons. The number of hydrogen-bond donors (Lipinski definition) is 2. The molecule has 0 radical (unpaired) electrons. The van der Waals surface area contributed by atoms with Crippen molar-refractivity contribution in [2.45, 2.75) is 57.7 Å². The van der Waals surface area contributed by atoms with Crippen molar-refractivity contribution in [3.63, 3.8) is 0 Å². The summed E-state index contributed by atoms with van der Waals surface area (Å²) in [4.78, 5) is 7.17. The Morgan fingerprint density at radius 2 is 1.94 bits per heavy atom. The van der Waals surface area contributed by atoms with Crippen molar-refractivity contribution < 1.29 is 4.74 Å². The van der Waals surface area contributed by atoms with Crippen LogP contribution in [-0.2, 0) is 13.6 Å². The Morgan fingerprint density at radius 3 is 2.62 bits per heavy atom. The summed E-state index contributed by atoms with van der Waals surface area (Å²) in [6.45, 7) is 4.25. The van der Waals surface area contributed by atoms with Gasteiger partial charge in [-0.1, -0.05) is 24.4 Å². The van der Waals surface area contributed by atoms with Gasteiger partial charge in [-0.15, -0.1) is 34.2 Å². The van der Waals surface area contributed by atoms with E-state index in [0.717, 1.165) is 53.6 Å². The average Bonchev–Trinajstić information content (AvgIpc) is 3.50. The van der Waals surface area contributed by atoms with Crippen LogP contribution in [0.3, 0.4) is 0 Å². The molecule has 1 saturated carbocycles. The maximum absolute atomic E-state index is 6.24. The van der Waals surface area contributed by atoms with E-state index in [0.29, 0.717) is 12.6 Å². The molecule has 1 aromatic heterocycles. The van der Waals surface area contributed by atoms with Crippen molar-refractivity contribution in [3.8, 4) is 5.75 Å². The fourth-order valence-corrected chi connectivity index (χ4v) is 4.50. The number of nitrogens with zero attached hydrogens (tertiary/aromatic N) is 5. The second kappa shape index (κ2) is 11.4. The summed E-state index contributed by atoms with van der Waals surface area (Å²) in [6.07, 6.45) is 5.96. The Kier molecular flexibility index (Phi) is 8.87. The number of methoxy groups -OCH3 is 1. The van der Waals surface area contributed by atoms with E-state index in [2.05, 4.69) is 25.7 Å². The van der Waals surface area contributed by atoms with Crippen LogP contribution in [0.15, 0.2) is 23.2 Å². The minimum Gasteiger partial charge on any atom is -0.495 e. The first-order valence-electron chi connectivity index (χ1n) is 11.0. The van der Waals surface area contributed by atoms with Crippen molar-refractivity contribution in [2.24, 2.45) is 12.0 Å². The molecule has 1 aromatic carbocycles. The number of anilines is 1. The normalized spacial score (nSPS) is 19.2. The van der Waals surface area contributed by atoms with Crippen LogP contribution < -0.4 is 20.3 Å². The van der Waals surface area contributed by atoms with Gasteiger partial charge in [0, 0.05) is 37.2 Å². The molecule has 1 atom stereocenters. The van der Waals surface area contributed by atoms with Crippen molar-refractivity contribution in [3.05, 3.63) is 34.9 Å². The molecule has 32 heavy (non-hydrogen) atoms. The molecule has 2 heterocycles. The number of guanidine groups is 1. The quantitative estimate of drug-likeness (QED) is 0.312. The van der Waals surface area contributed by atoms with Gasteiger partial charge in [0.05, 0.1) is 12.8 Å². The third-order valence-corrected chi connectivity index (χ3v) is 6.50. The number of rotatable bonds is 6. The maximum Gasteiger partial charge on any atom is 0.192 e. The van der Waals surface area contributed by atoms with E-state index in [-0.39, 0.29) is 30.0 Å². The smallest absolute Gasteiger partial charge is 0.192 e. The van der Waals surface area contributed by atoms with Crippen LogP contribution in [0.25, 0.3) is 0 Å². The van der Waals surface area contributed by atoms with Crippen LogP contribution in [0.5, 0.6) is 5.75 Å². The number of aliphatic imine (C=N–C) groups is 1. The highest BCUT2D eigenvalue weighted by Crippen LogP contribution is 2.33. The van der Waals surface area contributed by atoms with E-state index in [4.69, 9.17) is 21.3 Å². The van der Waals surface area contributed by atoms with Gasteiger partial charge in [0.15, 0.2) is 11.8 Å². The molecule has 2 N–H and O–H groups in total. The lowest BCUT2D eigenvalue weighted by molar-refractivity contribution is 0.415. The minimum atomic E-state index is 0. The second-order valence-electron chi connectivity index (χ2n) is 8.41. The predicted molar refractivity (Wildman–Crippen MR) is 139 cm³/mol. The van der Waals surface area contributed by atoms with Crippen LogP contribution >= 0.6 is 35.6 Å². The van der Waals surface area contributed by atoms with Gasteiger partial charge in [-0.3, -0.25) is 0 Å². The molecule has 8 nitrogen and oxygen atoms in total. The number of aromatic nitrogens is 3. The van der Waals surface area contributed by atoms with E-state index >= 15 is 0 Å². The van der Waals surface area contributed by atoms with Crippen molar-refractivity contribution >= 4 is 47.2 Å². The van der Waals surface area contributed by atoms with Gasteiger partial charge in [-0.2, -0.15) is 0 Å². The Balaban J connectivity index is 0.00000289. The monoisotopic (exact) mass is 573 g/mol. The molecule has 1 aliphatic heterocycles. The standard InChI is InChI=1S/C22H32ClN7O.HI/c1-15-27-28-21(29(15)2)13-24-22(25-17-6-4-5-7-17)26-18-10-11-30(14-18)19-12-16(23)8-9-20(19)31-3;/h8-9,12,17-18H,4-7,10-11,13-14H2,1-3H3,(H2,24,25,26);1H. The molecule has 2 aromatic rings. The Morgan fingerprint density at radius 1 is 1.19 bits per heavy atom. The van der Waals surface area contributed by atoms with E-state index in [1.807, 2.05) is 36.7 Å². The van der Waals surface area contributed by atoms with Gasteiger partial charge in [-0.25, -0.2) is 4.99 Å². The summed E-state index contributed by atoms with van der Waals surface area (Å²) in [6, 6.07) is 6.54. The number of ether oxygens (including phenoxy) is 1. The zero-order chi connectivity index (χ0) is 21.8. The summed E-state index contributed by atoms with van der Waals surface area (Å²) in [5, 5.41) is 16.4. The SMILES string of the molecule is COc1ccc(Cl)cc1N1CCC(NC(=NCc2nnc(C)n2C)NC2CCCC2)C1.I. The zero-order valence-electron chi connectivity index (χ0n) is 19.0. The fraction of sp³-hybridized carbons (Fsp3) is 0.591. The molecular weight excluding hydrogens is 541 g/mol. The van der Waals surface area contributed by atoms with Crippen LogP contribution in [0.4, 0.5) is 5.69 Å². The first-order chi connectivity index (χ1) is 15.0. The largest absolute Gasteiger partial charge is 0.495 e. The van der Waals surface area contributed by atoms with Crippen LogP contribution in [-0.4, -0.2) is 53.0 Å². The number of aryl methyl sites for hydroxylation is 1. The predicted octanol–water partition coefficient (Wildman–Crippen LogP) is 3.66. The number of nitrogens with one attached hydrogen (secondary N) is 2. The molecule has 0 bridgehead atoms. The lowest BCUT2D eigenvalue weighted by atomic mass is 10.2. The number of benzene rings is 1. The summed E-state index contributed by atoms with van der Waals surface area (Å²) in [5.41, 5.74) is 1.04. The highest BCUT2D eigenvalue weighted by Gasteiger charge is 2.26. The van der Waals surface area contributed by atoms with Gasteiger partial charge in [0.25, 0.3) is 0 Å². The van der Waals surface area contributed by atoms with Crippen molar-refractivity contribution in [1.82, 2.24) is 25.4 Å². The van der Waals surface area contributed by atoms with Gasteiger partial charge in [-0.05, 0) is 44.4 Å². The molecular formula is C22H33ClIN7O. The molecule has 0 amide bonds. The van der Waals surface area contributed by atoms with E-state index < -0.39 is 0 Å². The third-order valence-electron chi connectivity index (χ3n) is 6.27. The Hall–Kier alpha value is -1.75. The van der Waals surface area contributed by atoms with Crippen molar-refractivity contribution in [1.29, 1.82) is 0 Å². The van der Waals surface area contributed by atoms with Crippen LogP contribution in [0.1, 0.15) is 43.8 Å². The second-order valence-corrected chi connectivity index (χ2v) is 8.84. The number of halogens is 2. The first-order valence-corrected chi connectivity index (χ1v) is 11.4. The highest BCUT2D eigenvalue weighted by molar-refractivity contribution is 14.0.